The van der Waals surface area contributed by atoms with E-state index in [0.29, 0.717) is 27.1 Å². The number of benzene rings is 3. The Balaban J connectivity index is 2.08. The van der Waals surface area contributed by atoms with Crippen LogP contribution in [0.2, 0.25) is 15.1 Å². The van der Waals surface area contributed by atoms with E-state index in [1.165, 1.54) is 17.0 Å². The second-order valence-corrected chi connectivity index (χ2v) is 12.7. The van der Waals surface area contributed by atoms with Crippen LogP contribution in [0.4, 0.5) is 5.69 Å². The predicted octanol–water partition coefficient (Wildman–Crippen LogP) is 5.97. The Kier molecular flexibility index (Phi) is 11.3. The molecule has 0 aliphatic carbocycles. The van der Waals surface area contributed by atoms with Gasteiger partial charge in [-0.3, -0.25) is 13.9 Å². The number of sulfonamides is 1. The third-order valence-electron chi connectivity index (χ3n) is 6.42. The van der Waals surface area contributed by atoms with E-state index >= 15 is 0 Å². The van der Waals surface area contributed by atoms with Gasteiger partial charge in [0.2, 0.25) is 21.8 Å². The van der Waals surface area contributed by atoms with Crippen molar-refractivity contribution in [2.45, 2.75) is 45.3 Å². The van der Waals surface area contributed by atoms with E-state index in [2.05, 4.69) is 5.32 Å². The van der Waals surface area contributed by atoms with Crippen molar-refractivity contribution in [3.63, 3.8) is 0 Å². The monoisotopic (exact) mass is 623 g/mol. The number of hydrogen-bond acceptors (Lipinski definition) is 4. The highest BCUT2D eigenvalue weighted by molar-refractivity contribution is 7.92. The summed E-state index contributed by atoms with van der Waals surface area (Å²) in [7, 11) is -3.88. The molecule has 2 atom stereocenters. The first-order valence-electron chi connectivity index (χ1n) is 12.7. The minimum atomic E-state index is -3.88. The number of rotatable bonds is 12. The quantitative estimate of drug-likeness (QED) is 0.269. The molecule has 0 saturated heterocycles. The van der Waals surface area contributed by atoms with E-state index in [4.69, 9.17) is 34.8 Å². The van der Waals surface area contributed by atoms with Crippen molar-refractivity contribution < 1.29 is 18.0 Å². The van der Waals surface area contributed by atoms with Crippen LogP contribution in [0.5, 0.6) is 0 Å². The highest BCUT2D eigenvalue weighted by Gasteiger charge is 2.33. The fourth-order valence-corrected chi connectivity index (χ4v) is 5.49. The molecule has 0 saturated carbocycles. The molecule has 0 aromatic heterocycles. The number of nitrogens with zero attached hydrogens (tertiary/aromatic N) is 2. The summed E-state index contributed by atoms with van der Waals surface area (Å²) in [6, 6.07) is 19.3. The van der Waals surface area contributed by atoms with Crippen LogP contribution in [0.15, 0.2) is 72.8 Å². The van der Waals surface area contributed by atoms with Crippen molar-refractivity contribution in [3.05, 3.63) is 99.0 Å². The smallest absolute Gasteiger partial charge is 0.244 e. The minimum Gasteiger partial charge on any atom is -0.352 e. The highest BCUT2D eigenvalue weighted by Crippen LogP contribution is 2.26. The molecule has 0 unspecified atom stereocenters. The number of halogens is 3. The summed E-state index contributed by atoms with van der Waals surface area (Å²) in [5, 5.41) is 4.15. The Morgan fingerprint density at radius 1 is 0.925 bits per heavy atom. The van der Waals surface area contributed by atoms with Gasteiger partial charge in [-0.25, -0.2) is 8.42 Å². The van der Waals surface area contributed by atoms with E-state index in [1.807, 2.05) is 44.2 Å². The van der Waals surface area contributed by atoms with Gasteiger partial charge in [0.05, 0.1) is 11.9 Å². The Bertz CT molecular complexity index is 1420. The van der Waals surface area contributed by atoms with Crippen LogP contribution in [-0.2, 0) is 32.6 Å². The van der Waals surface area contributed by atoms with Crippen LogP contribution < -0.4 is 9.62 Å². The lowest BCUT2D eigenvalue weighted by atomic mass is 10.0. The van der Waals surface area contributed by atoms with E-state index in [0.717, 1.165) is 16.1 Å². The van der Waals surface area contributed by atoms with Crippen molar-refractivity contribution in [1.82, 2.24) is 10.2 Å². The van der Waals surface area contributed by atoms with Crippen molar-refractivity contribution in [3.8, 4) is 0 Å². The van der Waals surface area contributed by atoms with Gasteiger partial charge in [-0.15, -0.1) is 0 Å². The van der Waals surface area contributed by atoms with E-state index in [-0.39, 0.29) is 30.6 Å². The molecule has 0 aliphatic rings. The molecule has 214 valence electrons. The minimum absolute atomic E-state index is 0.0432. The molecule has 0 heterocycles. The molecule has 3 rings (SSSR count). The fourth-order valence-electron chi connectivity index (χ4n) is 4.05. The molecular formula is C29H32Cl3N3O4S. The molecule has 3 aromatic carbocycles. The molecule has 0 bridgehead atoms. The van der Waals surface area contributed by atoms with E-state index in [9.17, 15) is 18.0 Å². The first-order valence-corrected chi connectivity index (χ1v) is 15.7. The molecule has 1 N–H and O–H groups in total. The van der Waals surface area contributed by atoms with E-state index in [1.54, 1.807) is 30.3 Å². The van der Waals surface area contributed by atoms with Crippen LogP contribution in [0.3, 0.4) is 0 Å². The van der Waals surface area contributed by atoms with Crippen LogP contribution in [0, 0.1) is 0 Å². The topological polar surface area (TPSA) is 86.8 Å². The summed E-state index contributed by atoms with van der Waals surface area (Å²) in [6.07, 6.45) is 1.92. The zero-order chi connectivity index (χ0) is 29.4. The standard InChI is InChI=1S/C29H32Cl3N3O4S/c1-4-20(2)33-29(37)27(16-21-8-6-5-7-9-21)34(18-22-10-11-24(31)17-26(22)32)28(36)19-35(40(3,38)39)25-14-12-23(30)13-15-25/h5-15,17,20,27H,4,16,18-19H2,1-3H3,(H,33,37)/t20-,27-/m1/s1. The first kappa shape index (κ1) is 31.7. The molecule has 0 radical (unpaired) electrons. The maximum atomic E-state index is 14.1. The normalized spacial score (nSPS) is 12.8. The maximum Gasteiger partial charge on any atom is 0.244 e. The second kappa shape index (κ2) is 14.2. The summed E-state index contributed by atoms with van der Waals surface area (Å²) >= 11 is 18.6. The predicted molar refractivity (Wildman–Crippen MR) is 162 cm³/mol. The molecular weight excluding hydrogens is 593 g/mol. The zero-order valence-electron chi connectivity index (χ0n) is 22.5. The molecule has 0 fully saturated rings. The number of carbonyl (C=O) groups excluding carboxylic acids is 2. The number of hydrogen-bond donors (Lipinski definition) is 1. The SMILES string of the molecule is CC[C@@H](C)NC(=O)[C@@H](Cc1ccccc1)N(Cc1ccc(Cl)cc1Cl)C(=O)CN(c1ccc(Cl)cc1)S(C)(=O)=O. The molecule has 3 aromatic rings. The summed E-state index contributed by atoms with van der Waals surface area (Å²) in [5.74, 6) is -0.930. The van der Waals surface area contributed by atoms with Gasteiger partial charge in [-0.05, 0) is 60.9 Å². The number of amides is 2. The lowest BCUT2D eigenvalue weighted by Crippen LogP contribution is -2.54. The number of anilines is 1. The molecule has 0 spiro atoms. The summed E-state index contributed by atoms with van der Waals surface area (Å²) in [5.41, 5.74) is 1.67. The number of nitrogens with one attached hydrogen (secondary N) is 1. The molecule has 7 nitrogen and oxygen atoms in total. The third-order valence-corrected chi connectivity index (χ3v) is 8.40. The largest absolute Gasteiger partial charge is 0.352 e. The molecule has 2 amide bonds. The Labute approximate surface area is 251 Å². The molecule has 11 heteroatoms. The maximum absolute atomic E-state index is 14.1. The number of carbonyl (C=O) groups is 2. The van der Waals surface area contributed by atoms with Gasteiger partial charge in [0.15, 0.2) is 0 Å². The average molecular weight is 625 g/mol. The first-order chi connectivity index (χ1) is 18.9. The van der Waals surface area contributed by atoms with Gasteiger partial charge >= 0.3 is 0 Å². The van der Waals surface area contributed by atoms with Crippen LogP contribution in [-0.4, -0.2) is 50.0 Å². The molecule has 0 aliphatic heterocycles. The van der Waals surface area contributed by atoms with Crippen LogP contribution in [0.25, 0.3) is 0 Å². The van der Waals surface area contributed by atoms with Crippen molar-refractivity contribution in [1.29, 1.82) is 0 Å². The highest BCUT2D eigenvalue weighted by atomic mass is 35.5. The second-order valence-electron chi connectivity index (χ2n) is 9.53. The summed E-state index contributed by atoms with van der Waals surface area (Å²) in [4.78, 5) is 29.1. The van der Waals surface area contributed by atoms with Crippen molar-refractivity contribution in [2.75, 3.05) is 17.1 Å². The van der Waals surface area contributed by atoms with Gasteiger partial charge in [0, 0.05) is 34.1 Å². The van der Waals surface area contributed by atoms with Gasteiger partial charge in [-0.1, -0.05) is 78.1 Å². The lowest BCUT2D eigenvalue weighted by molar-refractivity contribution is -0.140. The van der Waals surface area contributed by atoms with E-state index < -0.39 is 28.5 Å². The lowest BCUT2D eigenvalue weighted by Gasteiger charge is -2.34. The average Bonchev–Trinajstić information content (AvgIpc) is 2.90. The van der Waals surface area contributed by atoms with Crippen molar-refractivity contribution >= 4 is 62.3 Å². The Morgan fingerprint density at radius 2 is 1.55 bits per heavy atom. The Morgan fingerprint density at radius 3 is 2.12 bits per heavy atom. The van der Waals surface area contributed by atoms with Gasteiger partial charge in [0.25, 0.3) is 0 Å². The van der Waals surface area contributed by atoms with Crippen molar-refractivity contribution in [2.24, 2.45) is 0 Å². The van der Waals surface area contributed by atoms with Gasteiger partial charge < -0.3 is 10.2 Å². The van der Waals surface area contributed by atoms with Gasteiger partial charge in [0.1, 0.15) is 12.6 Å². The van der Waals surface area contributed by atoms with Gasteiger partial charge in [-0.2, -0.15) is 0 Å². The fraction of sp³-hybridized carbons (Fsp3) is 0.310. The zero-order valence-corrected chi connectivity index (χ0v) is 25.6. The Hall–Kier alpha value is -2.78. The van der Waals surface area contributed by atoms with Crippen LogP contribution in [0.1, 0.15) is 31.4 Å². The summed E-state index contributed by atoms with van der Waals surface area (Å²) in [6.45, 7) is 3.25. The third kappa shape index (κ3) is 8.86. The van der Waals surface area contributed by atoms with Crippen LogP contribution >= 0.6 is 34.8 Å². The molecule has 40 heavy (non-hydrogen) atoms. The summed E-state index contributed by atoms with van der Waals surface area (Å²) < 4.78 is 26.6.